The number of hydrogen-bond donors (Lipinski definition) is 3. The molecule has 0 rings (SSSR count). The Hall–Kier alpha value is 5.17. The van der Waals surface area contributed by atoms with Crippen LogP contribution in [0.3, 0.4) is 0 Å². The zero-order valence-electron chi connectivity index (χ0n) is 9.51. The van der Waals surface area contributed by atoms with Gasteiger partial charge in [-0.15, -0.1) is 12.4 Å². The molecule has 5 nitrogen and oxygen atoms in total. The maximum absolute atomic E-state index is 8.88. The predicted octanol–water partition coefficient (Wildman–Crippen LogP) is -9.98. The van der Waals surface area contributed by atoms with E-state index in [2.05, 4.69) is 0 Å². The van der Waals surface area contributed by atoms with E-state index in [9.17, 15) is 0 Å². The zero-order valence-corrected chi connectivity index (χ0v) is 17.7. The van der Waals surface area contributed by atoms with Crippen LogP contribution in [0, 0.1) is 0 Å². The van der Waals surface area contributed by atoms with Gasteiger partial charge in [0, 0.05) is 17.4 Å². The van der Waals surface area contributed by atoms with Crippen molar-refractivity contribution in [1.82, 2.24) is 0 Å². The molecule has 0 aliphatic rings. The van der Waals surface area contributed by atoms with Crippen LogP contribution >= 0.6 is 20.2 Å². The van der Waals surface area contributed by atoms with Crippen molar-refractivity contribution in [2.24, 2.45) is 0 Å². The van der Waals surface area contributed by atoms with Crippen LogP contribution in [0.5, 0.6) is 0 Å². The van der Waals surface area contributed by atoms with E-state index in [0.717, 1.165) is 0 Å². The van der Waals surface area contributed by atoms with Gasteiger partial charge in [0.25, 0.3) is 0 Å². The summed E-state index contributed by atoms with van der Waals surface area (Å²) in [6, 6.07) is 0. The molecule has 60 valence electrons. The third-order valence-electron chi connectivity index (χ3n) is 0. The summed E-state index contributed by atoms with van der Waals surface area (Å²) in [6.45, 7) is 0. The molecule has 0 atom stereocenters. The van der Waals surface area contributed by atoms with Gasteiger partial charge in [-0.1, -0.05) is 0 Å². The molecule has 0 aromatic carbocycles. The van der Waals surface area contributed by atoms with Crippen molar-refractivity contribution in [3.8, 4) is 0 Å². The largest absolute Gasteiger partial charge is 1.00 e. The van der Waals surface area contributed by atoms with Crippen molar-refractivity contribution >= 4 is 20.2 Å². The minimum absolute atomic E-state index is 0. The number of phosphoric acid groups is 1. The first-order chi connectivity index (χ1) is 2.00. The van der Waals surface area contributed by atoms with Gasteiger partial charge in [0.1, 0.15) is 0 Å². The minimum Gasteiger partial charge on any atom is -1.00 e. The Bertz CT molecular complexity index is 81.1. The minimum atomic E-state index is -4.64. The molecule has 0 aromatic rings. The fraction of sp³-hybridized carbons (Fsp3) is 0. The van der Waals surface area contributed by atoms with Crippen molar-refractivity contribution in [1.29, 1.82) is 0 Å². The van der Waals surface area contributed by atoms with Gasteiger partial charge < -0.3 is 24.4 Å². The van der Waals surface area contributed by atoms with Crippen molar-refractivity contribution in [3.05, 3.63) is 0 Å². The van der Waals surface area contributed by atoms with Crippen molar-refractivity contribution < 1.29 is 179 Å². The summed E-state index contributed by atoms with van der Waals surface area (Å²) in [4.78, 5) is 21.6. The van der Waals surface area contributed by atoms with E-state index >= 15 is 0 Å². The molecule has 11 heavy (non-hydrogen) atoms. The van der Waals surface area contributed by atoms with Crippen LogP contribution in [-0.2, 0) is 21.9 Å². The summed E-state index contributed by atoms with van der Waals surface area (Å²) in [7, 11) is -4.64. The first-order valence-corrected chi connectivity index (χ1v) is 2.35. The molecule has 11 heteroatoms. The van der Waals surface area contributed by atoms with Gasteiger partial charge in [-0.05, 0) is 0 Å². The summed E-state index contributed by atoms with van der Waals surface area (Å²) in [6.07, 6.45) is 0. The van der Waals surface area contributed by atoms with E-state index in [-0.39, 0.29) is 172 Å². The second kappa shape index (κ2) is 24.4. The molecule has 0 saturated carbocycles. The predicted molar refractivity (Wildman–Crippen MR) is 28.5 cm³/mol. The van der Waals surface area contributed by atoms with Crippen molar-refractivity contribution in [3.63, 3.8) is 0 Å². The molecule has 0 fully saturated rings. The number of hydrogen-bond acceptors (Lipinski definition) is 1. The quantitative estimate of drug-likeness (QED) is 0.305. The molecule has 0 unspecified atom stereocenters. The van der Waals surface area contributed by atoms with Gasteiger partial charge in [0.2, 0.25) is 0 Å². The molecule has 5 N–H and O–H groups in total. The van der Waals surface area contributed by atoms with Crippen molar-refractivity contribution in [2.45, 2.75) is 0 Å². The van der Waals surface area contributed by atoms with Crippen LogP contribution in [-0.4, -0.2) is 20.2 Å². The second-order valence-corrected chi connectivity index (χ2v) is 1.54. The Kier molecular flexibility index (Phi) is 98.2. The monoisotopic (exact) mass is 308 g/mol. The van der Waals surface area contributed by atoms with E-state index in [0.29, 0.717) is 0 Å². The Morgan fingerprint density at radius 3 is 1.09 bits per heavy atom. The van der Waals surface area contributed by atoms with Crippen LogP contribution in [0.25, 0.3) is 0 Å². The fourth-order valence-electron chi connectivity index (χ4n) is 0. The van der Waals surface area contributed by atoms with Crippen LogP contribution < -0.4 is 132 Å². The third kappa shape index (κ3) is 98.5. The molecule has 0 saturated heterocycles. The Morgan fingerprint density at radius 2 is 1.09 bits per heavy atom. The molecule has 0 aliphatic carbocycles. The summed E-state index contributed by atoms with van der Waals surface area (Å²) >= 11 is 0. The molecule has 0 spiro atoms. The topological polar surface area (TPSA) is 109 Å². The van der Waals surface area contributed by atoms with Crippen LogP contribution in [0.2, 0.25) is 0 Å². The van der Waals surface area contributed by atoms with Crippen LogP contribution in [0.1, 0.15) is 4.28 Å². The molecule has 0 heterocycles. The van der Waals surface area contributed by atoms with Gasteiger partial charge in [0.05, 0.1) is 0 Å². The van der Waals surface area contributed by atoms with Gasteiger partial charge in [-0.2, -0.15) is 0 Å². The van der Waals surface area contributed by atoms with Gasteiger partial charge in [0.15, 0.2) is 0 Å². The standard InChI is InChI=1S/ClH.Cr.2K.Na.H3O4P.H2O.3H/c;;;;;1-5(2,3)4;;;;/h1H;;;;;(H3,1,2,3,4);1H2;;;/q;;3*+1;;;3*-1. The fourth-order valence-corrected chi connectivity index (χ4v) is 0. The van der Waals surface area contributed by atoms with Gasteiger partial charge in [-0.3, -0.25) is 0 Å². The number of rotatable bonds is 0. The molecule has 0 radical (unpaired) electrons. The summed E-state index contributed by atoms with van der Waals surface area (Å²) in [5.74, 6) is 0. The van der Waals surface area contributed by atoms with E-state index in [1.54, 1.807) is 0 Å². The average Bonchev–Trinajstić information content (AvgIpc) is 0.722. The number of halogens is 1. The van der Waals surface area contributed by atoms with Crippen LogP contribution in [0.4, 0.5) is 0 Å². The van der Waals surface area contributed by atoms with E-state index in [4.69, 9.17) is 19.2 Å². The van der Waals surface area contributed by atoms with Gasteiger partial charge >= 0.3 is 140 Å². The SMILES string of the molecule is Cl.O.O=P(O)(O)O.[Cr].[H-].[H-].[H-].[K+].[K+].[Na+]. The van der Waals surface area contributed by atoms with E-state index in [1.807, 2.05) is 0 Å². The Morgan fingerprint density at radius 1 is 1.09 bits per heavy atom. The molecule has 0 amide bonds. The van der Waals surface area contributed by atoms with Crippen molar-refractivity contribution in [2.75, 3.05) is 0 Å². The first kappa shape index (κ1) is 44.3. The maximum Gasteiger partial charge on any atom is 1.00 e. The van der Waals surface area contributed by atoms with Gasteiger partial charge in [-0.25, -0.2) is 4.57 Å². The molecular weight excluding hydrogens is 300 g/mol. The third-order valence-corrected chi connectivity index (χ3v) is 0. The second-order valence-electron chi connectivity index (χ2n) is 0.513. The molecular formula is H9ClCrK2NaO5P. The zero-order chi connectivity index (χ0) is 4.50. The summed E-state index contributed by atoms with van der Waals surface area (Å²) in [5, 5.41) is 0. The molecule has 0 bridgehead atoms. The maximum atomic E-state index is 8.88. The van der Waals surface area contributed by atoms with E-state index < -0.39 is 7.82 Å². The molecule has 0 aliphatic heterocycles. The first-order valence-electron chi connectivity index (χ1n) is 0.783. The Balaban J connectivity index is -0.00000000222. The summed E-state index contributed by atoms with van der Waals surface area (Å²) in [5.41, 5.74) is 0. The Labute approximate surface area is 194 Å². The van der Waals surface area contributed by atoms with Crippen LogP contribution in [0.15, 0.2) is 0 Å². The summed E-state index contributed by atoms with van der Waals surface area (Å²) < 4.78 is 8.88. The normalized spacial score (nSPS) is 5.36. The van der Waals surface area contributed by atoms with E-state index in [1.165, 1.54) is 0 Å². The smallest absolute Gasteiger partial charge is 1.00 e. The molecule has 0 aromatic heterocycles. The average molecular weight is 309 g/mol.